The third-order valence-electron chi connectivity index (χ3n) is 11.1. The van der Waals surface area contributed by atoms with Gasteiger partial charge in [0.2, 0.25) is 24.4 Å². The molecule has 0 aliphatic heterocycles. The van der Waals surface area contributed by atoms with Crippen LogP contribution in [0.4, 0.5) is 19.2 Å². The number of ether oxygens (including phenoxy) is 4. The summed E-state index contributed by atoms with van der Waals surface area (Å²) in [6.07, 6.45) is -0.629. The second kappa shape index (κ2) is 45.8. The molecule has 0 saturated heterocycles. The smallest absolute Gasteiger partial charge is 0.632 e. The molecule has 468 valence electrons. The normalized spacial score (nSPS) is 9.68. The molecule has 93 heavy (non-hydrogen) atoms. The van der Waals surface area contributed by atoms with E-state index in [1.54, 1.807) is 12.4 Å². The minimum atomic E-state index is -0.995. The summed E-state index contributed by atoms with van der Waals surface area (Å²) in [7, 11) is 4.26. The number of nitrogens with zero attached hydrogens (tertiary/aromatic N) is 4. The number of aromatic nitrogens is 8. The second-order valence-corrected chi connectivity index (χ2v) is 20.3. The van der Waals surface area contributed by atoms with Gasteiger partial charge in [0, 0.05) is 16.7 Å². The molecule has 0 aliphatic rings. The van der Waals surface area contributed by atoms with Crippen molar-refractivity contribution in [2.75, 3.05) is 28.4 Å². The van der Waals surface area contributed by atoms with Crippen LogP contribution in [0.15, 0.2) is 146 Å². The minimum Gasteiger partial charge on any atom is -0.632 e. The maximum atomic E-state index is 10.6. The van der Waals surface area contributed by atoms with Crippen LogP contribution < -0.4 is 22.3 Å². The van der Waals surface area contributed by atoms with Crippen LogP contribution >= 0.6 is 34.3 Å². The number of amides is 4. The summed E-state index contributed by atoms with van der Waals surface area (Å²) in [6, 6.07) is 52.0. The number of fused-ring (bicyclic) bond motifs is 2. The second-order valence-electron chi connectivity index (χ2n) is 16.6. The van der Waals surface area contributed by atoms with Crippen molar-refractivity contribution >= 4 is 127 Å². The summed E-state index contributed by atoms with van der Waals surface area (Å²) >= 11 is 0. The third kappa shape index (κ3) is 29.4. The Kier molecular flexibility index (Phi) is 41.7. The molecule has 4 unspecified atom stereocenters. The number of nitrogens with one attached hydrogen (secondary N) is 8. The molecule has 0 aliphatic carbocycles. The van der Waals surface area contributed by atoms with Crippen molar-refractivity contribution in [3.05, 3.63) is 191 Å². The Hall–Kier alpha value is -8.38. The SMILES string of the molecule is C.COC([NH-])=O.COC([NH-])=O.COC([NH-])=O.COC([NH-])=O.O=[C-]Pc1ncc(-c2ccc(-c3ccc(C#Cc4ccc5nc(P[C-]=O)[nH]c5c4)cc3)cc2)[nH]1.O=[C-]Pc1ncc(C#Cc2ccc(-c3ccc(-c4ccc5nc(P[C-]=O)[nH]c5c4)cc3)cc2)[nH]1.[V+2].[V+2].[V+2].[V+2]. The fourth-order valence-corrected chi connectivity index (χ4v) is 8.83. The molecule has 0 spiro atoms. The van der Waals surface area contributed by atoms with Crippen LogP contribution in [0.2, 0.25) is 0 Å². The standard InChI is InChI=1S/2C26H16N4O2P2.4C2H5NO2.CH4.4V/c31-15-33-25-27-14-22(28-25)11-3-17-1-4-18(5-2-17)19-6-8-20(9-7-19)21-10-12-23-24(13-21)30-26(29-23)34-16-32;31-15-33-25-27-14-24(30-25)21-10-8-20(9-11-21)19-6-3-17(4-7-19)1-2-18-5-12-22-23(13-18)29-26(28-22)34-16-32;4*1-5-2(3)4;;;;;/h1-2,4-10,12-14,33-34H,(H,27,28)(H,29,30);3-14,33-34H,(H,27,30)(H,28,29);4*1H3,(H2,3,4);1H4;;;;/q2*-2;;;;;;4*+2/p-4. The Morgan fingerprint density at radius 2 is 0.688 bits per heavy atom. The van der Waals surface area contributed by atoms with Crippen LogP contribution in [0.3, 0.4) is 0 Å². The number of carbonyl (C=O) groups is 4. The Labute approximate surface area is 589 Å². The summed E-state index contributed by atoms with van der Waals surface area (Å²) in [6.45, 7) is 0. The molecule has 4 amide bonds. The van der Waals surface area contributed by atoms with Crippen molar-refractivity contribution in [1.82, 2.24) is 39.9 Å². The van der Waals surface area contributed by atoms with Gasteiger partial charge in [-0.15, -0.1) is 0 Å². The number of carbonyl (C=O) groups excluding carboxylic acids is 8. The molecule has 4 heterocycles. The number of aromatic amines is 4. The molecule has 4 aromatic heterocycles. The fourth-order valence-electron chi connectivity index (χ4n) is 7.04. The molecule has 32 heteroatoms. The molecule has 24 nitrogen and oxygen atoms in total. The summed E-state index contributed by atoms with van der Waals surface area (Å²) in [4.78, 5) is 109. The molecule has 4 atom stereocenters. The van der Waals surface area contributed by atoms with Crippen LogP contribution in [-0.4, -0.2) is 117 Å². The molecule has 0 fully saturated rings. The zero-order chi connectivity index (χ0) is 63.8. The minimum absolute atomic E-state index is 0. The van der Waals surface area contributed by atoms with Crippen LogP contribution in [0, 0.1) is 23.7 Å². The van der Waals surface area contributed by atoms with Crippen molar-refractivity contribution in [2.45, 2.75) is 7.43 Å². The van der Waals surface area contributed by atoms with Crippen LogP contribution in [0.1, 0.15) is 29.8 Å². The number of imidazole rings is 4. The molecular weight excluding hydrogens is 1420 g/mol. The van der Waals surface area contributed by atoms with E-state index in [-0.39, 0.29) is 116 Å². The first-order valence-corrected chi connectivity index (χ1v) is 28.8. The van der Waals surface area contributed by atoms with Gasteiger partial charge in [-0.2, -0.15) is 34.3 Å². The van der Waals surface area contributed by atoms with E-state index >= 15 is 0 Å². The van der Waals surface area contributed by atoms with E-state index in [1.807, 2.05) is 109 Å². The summed E-state index contributed by atoms with van der Waals surface area (Å²) in [5, 5.41) is 0. The molecule has 6 aromatic carbocycles. The largest absolute Gasteiger partial charge is 2.00 e. The van der Waals surface area contributed by atoms with E-state index < -0.39 is 24.4 Å². The van der Waals surface area contributed by atoms with Crippen molar-refractivity contribution in [3.63, 3.8) is 0 Å². The maximum absolute atomic E-state index is 10.6. The Balaban J connectivity index is 0.00000135. The monoisotopic (exact) mass is 1470 g/mol. The van der Waals surface area contributed by atoms with E-state index in [9.17, 15) is 38.4 Å². The summed E-state index contributed by atoms with van der Waals surface area (Å²) in [5.74, 6) is 12.5. The molecule has 0 saturated carbocycles. The Morgan fingerprint density at radius 1 is 0.387 bits per heavy atom. The van der Waals surface area contributed by atoms with Crippen LogP contribution in [0.5, 0.6) is 0 Å². The Bertz CT molecular complexity index is 4080. The quantitative estimate of drug-likeness (QED) is 0.0382. The van der Waals surface area contributed by atoms with Gasteiger partial charge < -0.3 is 81.0 Å². The first-order valence-electron chi connectivity index (χ1n) is 24.8. The van der Waals surface area contributed by atoms with Crippen molar-refractivity contribution in [1.29, 1.82) is 0 Å². The zero-order valence-electron chi connectivity index (χ0n) is 48.3. The summed E-state index contributed by atoms with van der Waals surface area (Å²) < 4.78 is 15.1. The number of H-pyrrole nitrogens is 4. The van der Waals surface area contributed by atoms with Gasteiger partial charge in [-0.05, 0) is 99.5 Å². The zero-order valence-corrected chi connectivity index (χ0v) is 57.9. The molecule has 8 N–H and O–H groups in total. The molecular formula is C61H52N12O12P4V4. The van der Waals surface area contributed by atoms with Gasteiger partial charge in [0.05, 0.1) is 90.9 Å². The van der Waals surface area contributed by atoms with E-state index in [2.05, 4.69) is 131 Å². The fraction of sp³-hybridized carbons (Fsp3) is 0.0820. The average Bonchev–Trinajstić information content (AvgIpc) is 1.96. The van der Waals surface area contributed by atoms with E-state index in [0.29, 0.717) is 28.0 Å². The topological polar surface area (TPSA) is 383 Å². The van der Waals surface area contributed by atoms with Gasteiger partial charge >= 0.3 is 74.2 Å². The van der Waals surface area contributed by atoms with E-state index in [1.165, 1.54) is 0 Å². The predicted octanol–water partition coefficient (Wildman–Crippen LogP) is 11.4. The molecule has 10 aromatic rings. The van der Waals surface area contributed by atoms with Crippen molar-refractivity contribution in [3.8, 4) is 68.3 Å². The first kappa shape index (κ1) is 84.6. The van der Waals surface area contributed by atoms with Crippen molar-refractivity contribution in [2.24, 2.45) is 0 Å². The van der Waals surface area contributed by atoms with Gasteiger partial charge in [0.1, 0.15) is 5.69 Å². The number of hydrogen-bond donors (Lipinski definition) is 4. The molecule has 4 radical (unpaired) electrons. The van der Waals surface area contributed by atoms with Gasteiger partial charge in [-0.3, -0.25) is 19.2 Å². The van der Waals surface area contributed by atoms with Gasteiger partial charge in [-0.1, -0.05) is 104 Å². The number of benzene rings is 6. The van der Waals surface area contributed by atoms with Crippen LogP contribution in [0.25, 0.3) is 89.6 Å². The first-order chi connectivity index (χ1) is 42.5. The van der Waals surface area contributed by atoms with Gasteiger partial charge in [0.15, 0.2) is 0 Å². The predicted molar refractivity (Wildman–Crippen MR) is 351 cm³/mol. The van der Waals surface area contributed by atoms with E-state index in [4.69, 9.17) is 22.9 Å². The number of hydrogen-bond acceptors (Lipinski definition) is 16. The molecule has 0 bridgehead atoms. The third-order valence-corrected chi connectivity index (χ3v) is 13.4. The maximum Gasteiger partial charge on any atom is 2.00 e. The Morgan fingerprint density at radius 3 is 1.10 bits per heavy atom. The van der Waals surface area contributed by atoms with Crippen LogP contribution in [-0.2, 0) is 112 Å². The van der Waals surface area contributed by atoms with Crippen molar-refractivity contribution < 1.29 is 132 Å². The van der Waals surface area contributed by atoms with Gasteiger partial charge in [-0.25, -0.2) is 44.0 Å². The average molecular weight is 1470 g/mol. The number of rotatable bonds is 12. The van der Waals surface area contributed by atoms with Gasteiger partial charge in [0.25, 0.3) is 0 Å². The molecule has 10 rings (SSSR count). The van der Waals surface area contributed by atoms with E-state index in [0.717, 1.165) is 112 Å². The number of methoxy groups -OCH3 is 4. The summed E-state index contributed by atoms with van der Waals surface area (Å²) in [5.41, 5.74) is 41.6.